The molecule has 0 radical (unpaired) electrons. The van der Waals surface area contributed by atoms with Gasteiger partial charge in [-0.3, -0.25) is 0 Å². The molecule has 0 fully saturated rings. The van der Waals surface area contributed by atoms with E-state index in [1.807, 2.05) is 0 Å². The Morgan fingerprint density at radius 3 is 0.675 bits per heavy atom. The van der Waals surface area contributed by atoms with Gasteiger partial charge in [0.15, 0.2) is 15.2 Å². The highest BCUT2D eigenvalue weighted by Crippen LogP contribution is 2.23. The fraction of sp³-hybridized carbons (Fsp3) is 0.0526. The van der Waals surface area contributed by atoms with Crippen molar-refractivity contribution < 1.29 is 0 Å². The van der Waals surface area contributed by atoms with Crippen molar-refractivity contribution in [3.63, 3.8) is 0 Å². The van der Waals surface area contributed by atoms with Gasteiger partial charge < -0.3 is 0 Å². The van der Waals surface area contributed by atoms with Crippen LogP contribution < -0.4 is 31.1 Å². The minimum atomic E-state index is -2.83. The highest BCUT2D eigenvalue weighted by molar-refractivity contribution is 7.67. The Morgan fingerprint density at radius 1 is 0.250 bits per heavy atom. The van der Waals surface area contributed by atoms with Crippen LogP contribution in [0.2, 0.25) is 0 Å². The lowest BCUT2D eigenvalue weighted by Gasteiger charge is -2.50. The Labute approximate surface area is 240 Å². The second-order valence-electron chi connectivity index (χ2n) is 10.7. The Bertz CT molecular complexity index is 1450. The maximum absolute atomic E-state index is 2.83. The fourth-order valence-electron chi connectivity index (χ4n) is 6.66. The summed E-state index contributed by atoms with van der Waals surface area (Å²) in [7, 11) is -5.65. The van der Waals surface area contributed by atoms with Crippen LogP contribution in [0.4, 0.5) is 0 Å². The van der Waals surface area contributed by atoms with E-state index in [1.165, 1.54) is 42.2 Å². The first kappa shape index (κ1) is 26.0. The molecule has 194 valence electrons. The van der Waals surface area contributed by atoms with E-state index in [4.69, 9.17) is 0 Å². The first-order chi connectivity index (χ1) is 19.7. The monoisotopic (exact) mass is 546 g/mol. The molecule has 0 spiro atoms. The van der Waals surface area contributed by atoms with Crippen molar-refractivity contribution in [2.45, 2.75) is 13.8 Å². The minimum Gasteiger partial charge on any atom is -0.0624 e. The summed E-state index contributed by atoms with van der Waals surface area (Å²) in [5, 5.41) is 8.70. The largest absolute Gasteiger partial charge is 0.154 e. The molecule has 0 saturated carbocycles. The lowest BCUT2D eigenvalue weighted by Crippen LogP contribution is -2.94. The summed E-state index contributed by atoms with van der Waals surface area (Å²) in [4.78, 5) is 0. The highest BCUT2D eigenvalue weighted by Gasteiger charge is 2.61. The smallest absolute Gasteiger partial charge is 0.0624 e. The van der Waals surface area contributed by atoms with Crippen LogP contribution in [0.15, 0.2) is 170 Å². The van der Waals surface area contributed by atoms with Crippen molar-refractivity contribution in [2.75, 3.05) is 0 Å². The molecule has 0 bridgehead atoms. The van der Waals surface area contributed by atoms with Crippen molar-refractivity contribution in [1.29, 1.82) is 0 Å². The summed E-state index contributed by atoms with van der Waals surface area (Å²) in [6, 6.07) is 64.7. The maximum Gasteiger partial charge on any atom is 0.154 e. The summed E-state index contributed by atoms with van der Waals surface area (Å²) < 4.78 is 0. The van der Waals surface area contributed by atoms with Gasteiger partial charge in [-0.05, 0) is 13.8 Å². The van der Waals surface area contributed by atoms with Crippen LogP contribution >= 0.6 is 0 Å². The normalized spacial score (nSPS) is 11.8. The summed E-state index contributed by atoms with van der Waals surface area (Å²) in [6.45, 7) is 4.38. The Balaban J connectivity index is 1.93. The van der Waals surface area contributed by atoms with E-state index in [0.29, 0.717) is 0 Å². The summed E-state index contributed by atoms with van der Waals surface area (Å²) in [5.74, 6) is 0. The molecule has 0 aromatic heterocycles. The molecule has 0 heterocycles. The molecule has 0 saturated heterocycles. The van der Waals surface area contributed by atoms with Gasteiger partial charge in [0, 0.05) is 0 Å². The van der Waals surface area contributed by atoms with E-state index in [-0.39, 0.29) is 0 Å². The molecule has 6 rings (SSSR count). The van der Waals surface area contributed by atoms with Gasteiger partial charge in [-0.15, -0.1) is 0 Å². The van der Waals surface area contributed by atoms with Crippen LogP contribution in [0, 0.1) is 13.8 Å². The molecule has 0 unspecified atom stereocenters. The van der Waals surface area contributed by atoms with E-state index >= 15 is 0 Å². The van der Waals surface area contributed by atoms with E-state index < -0.39 is 15.2 Å². The summed E-state index contributed by atoms with van der Waals surface area (Å²) in [5.41, 5.74) is 2.57. The lowest BCUT2D eigenvalue weighted by molar-refractivity contribution is 1.48. The molecule has 6 aromatic rings. The molecule has 0 aliphatic carbocycles. The highest BCUT2D eigenvalue weighted by atomic mass is 29.3. The zero-order valence-corrected chi connectivity index (χ0v) is 25.2. The number of aryl methyl sites for hydroxylation is 2. The van der Waals surface area contributed by atoms with Gasteiger partial charge in [0.25, 0.3) is 0 Å². The standard InChI is InChI=1S/C38H34Si2/c1-31-23-27-37(28-24-31)39(33-15-7-3-8-16-33,34-17-9-4-10-18-34)40(35-19-11-5-12-20-35,36-21-13-6-14-22-36)38-29-25-32(2)26-30-38/h3-30H,1-2H3. The minimum absolute atomic E-state index is 1.29. The van der Waals surface area contributed by atoms with Crippen LogP contribution in [0.25, 0.3) is 0 Å². The third-order valence-corrected chi connectivity index (χ3v) is 25.3. The van der Waals surface area contributed by atoms with Crippen molar-refractivity contribution in [2.24, 2.45) is 0 Å². The molecular formula is C38H34Si2. The second kappa shape index (κ2) is 11.1. The average Bonchev–Trinajstić information content (AvgIpc) is 3.03. The fourth-order valence-corrected chi connectivity index (χ4v) is 26.2. The number of hydrogen-bond donors (Lipinski definition) is 0. The maximum atomic E-state index is 2.43. The second-order valence-corrected chi connectivity index (χ2v) is 21.7. The van der Waals surface area contributed by atoms with E-state index in [9.17, 15) is 0 Å². The van der Waals surface area contributed by atoms with Crippen LogP contribution in [0.3, 0.4) is 0 Å². The molecular weight excluding hydrogens is 513 g/mol. The van der Waals surface area contributed by atoms with Crippen LogP contribution in [0.5, 0.6) is 0 Å². The lowest BCUT2D eigenvalue weighted by atomic mass is 10.2. The molecule has 6 aromatic carbocycles. The molecule has 0 N–H and O–H groups in total. The predicted octanol–water partition coefficient (Wildman–Crippen LogP) is 5.02. The summed E-state index contributed by atoms with van der Waals surface area (Å²) >= 11 is 0. The SMILES string of the molecule is Cc1ccc([Si](c2ccccc2)(c2ccccc2)[Si](c2ccccc2)(c2ccccc2)c2ccc(C)cc2)cc1. The predicted molar refractivity (Wildman–Crippen MR) is 177 cm³/mol. The first-order valence-corrected chi connectivity index (χ1v) is 19.0. The molecule has 0 aliphatic rings. The van der Waals surface area contributed by atoms with Crippen molar-refractivity contribution in [1.82, 2.24) is 0 Å². The van der Waals surface area contributed by atoms with Gasteiger partial charge in [0.05, 0.1) is 0 Å². The first-order valence-electron chi connectivity index (χ1n) is 14.0. The van der Waals surface area contributed by atoms with Gasteiger partial charge in [-0.1, -0.05) is 212 Å². The quantitative estimate of drug-likeness (QED) is 0.195. The average molecular weight is 547 g/mol. The Morgan fingerprint density at radius 2 is 0.450 bits per heavy atom. The molecule has 0 atom stereocenters. The number of hydrogen-bond acceptors (Lipinski definition) is 0. The zero-order valence-electron chi connectivity index (χ0n) is 23.2. The zero-order chi connectivity index (χ0) is 27.4. The van der Waals surface area contributed by atoms with Crippen molar-refractivity contribution in [3.05, 3.63) is 181 Å². The topological polar surface area (TPSA) is 0 Å². The van der Waals surface area contributed by atoms with E-state index in [1.54, 1.807) is 0 Å². The molecule has 0 amide bonds. The molecule has 2 heteroatoms. The molecule has 40 heavy (non-hydrogen) atoms. The van der Waals surface area contributed by atoms with E-state index in [0.717, 1.165) is 0 Å². The van der Waals surface area contributed by atoms with Gasteiger partial charge >= 0.3 is 0 Å². The Kier molecular flexibility index (Phi) is 7.21. The molecule has 0 aliphatic heterocycles. The van der Waals surface area contributed by atoms with Crippen LogP contribution in [-0.2, 0) is 0 Å². The molecule has 0 nitrogen and oxygen atoms in total. The van der Waals surface area contributed by atoms with E-state index in [2.05, 4.69) is 184 Å². The third-order valence-electron chi connectivity index (χ3n) is 8.36. The Hall–Kier alpha value is -4.25. The number of benzene rings is 6. The number of rotatable bonds is 7. The van der Waals surface area contributed by atoms with Gasteiger partial charge in [-0.25, -0.2) is 0 Å². The third kappa shape index (κ3) is 4.21. The van der Waals surface area contributed by atoms with Crippen molar-refractivity contribution in [3.8, 4) is 0 Å². The van der Waals surface area contributed by atoms with Crippen LogP contribution in [-0.4, -0.2) is 15.2 Å². The summed E-state index contributed by atoms with van der Waals surface area (Å²) in [6.07, 6.45) is 0. The van der Waals surface area contributed by atoms with Gasteiger partial charge in [0.1, 0.15) is 0 Å². The van der Waals surface area contributed by atoms with Gasteiger partial charge in [-0.2, -0.15) is 0 Å². The van der Waals surface area contributed by atoms with Gasteiger partial charge in [0.2, 0.25) is 0 Å². The van der Waals surface area contributed by atoms with Crippen molar-refractivity contribution >= 4 is 46.3 Å². The van der Waals surface area contributed by atoms with Crippen LogP contribution in [0.1, 0.15) is 11.1 Å².